The Hall–Kier alpha value is 0.772. The molecule has 0 aromatic heterocycles. The fraction of sp³-hybridized carbons (Fsp3) is 0.364. The Kier molecular flexibility index (Phi) is 6.87. The van der Waals surface area contributed by atoms with Gasteiger partial charge in [0.05, 0.1) is 0 Å². The largest absolute Gasteiger partial charge is 0.643 e. The lowest BCUT2D eigenvalue weighted by molar-refractivity contribution is 0.0968. The van der Waals surface area contributed by atoms with E-state index in [0.29, 0.717) is 12.3 Å². The van der Waals surface area contributed by atoms with E-state index in [-0.39, 0.29) is 5.78 Å². The first-order valence-corrected chi connectivity index (χ1v) is 11.2. The highest BCUT2D eigenvalue weighted by molar-refractivity contribution is 9.10. The summed E-state index contributed by atoms with van der Waals surface area (Å²) < 4.78 is 0.994. The van der Waals surface area contributed by atoms with Gasteiger partial charge in [0.1, 0.15) is 0 Å². The summed E-state index contributed by atoms with van der Waals surface area (Å²) in [6.45, 7) is 2.18. The summed E-state index contributed by atoms with van der Waals surface area (Å²) in [6.07, 6.45) is 1.69. The number of hydrogen-bond acceptors (Lipinski definition) is 1. The molecule has 0 heterocycles. The average molecular weight is 372 g/mol. The number of hydrogen-bond donors (Lipinski definition) is 0. The molecule has 0 unspecified atom stereocenters. The van der Waals surface area contributed by atoms with Crippen LogP contribution in [0, 0.1) is 0 Å². The first-order valence-electron chi connectivity index (χ1n) is 5.16. The molecule has 0 saturated heterocycles. The zero-order chi connectivity index (χ0) is 13.0. The van der Waals surface area contributed by atoms with E-state index < -0.39 is 11.4 Å². The van der Waals surface area contributed by atoms with Gasteiger partial charge in [0.25, 0.3) is 0 Å². The summed E-state index contributed by atoms with van der Waals surface area (Å²) in [5.74, 6) is 0.815. The lowest BCUT2D eigenvalue weighted by Crippen LogP contribution is -2.13. The highest BCUT2D eigenvalue weighted by Gasteiger charge is 2.22. The number of rotatable bonds is 0. The number of carbonyl (C=O) groups is 1. The number of ketones is 1. The Labute approximate surface area is 127 Å². The molecule has 17 heavy (non-hydrogen) atoms. The van der Waals surface area contributed by atoms with Crippen molar-refractivity contribution in [1.29, 1.82) is 0 Å². The van der Waals surface area contributed by atoms with E-state index in [0.717, 1.165) is 16.5 Å². The van der Waals surface area contributed by atoms with E-state index in [1.54, 1.807) is 0 Å². The zero-order valence-corrected chi connectivity index (χ0v) is 14.2. The molecule has 0 fully saturated rings. The fourth-order valence-electron chi connectivity index (χ4n) is 1.84. The van der Waals surface area contributed by atoms with E-state index in [2.05, 4.69) is 28.9 Å². The molecule has 0 radical (unpaired) electrons. The van der Waals surface area contributed by atoms with Gasteiger partial charge in [-0.1, -0.05) is 28.9 Å². The second-order valence-corrected chi connectivity index (χ2v) is 11.2. The summed E-state index contributed by atoms with van der Waals surface area (Å²) in [7, 11) is 14.8. The molecule has 0 bridgehead atoms. The lowest BCUT2D eigenvalue weighted by atomic mass is 9.83. The zero-order valence-electron chi connectivity index (χ0n) is 9.22. The molecule has 0 aliphatic heterocycles. The maximum absolute atomic E-state index is 11.6. The summed E-state index contributed by atoms with van der Waals surface area (Å²) in [5.41, 5.74) is 2.12. The molecule has 1 aliphatic carbocycles. The van der Waals surface area contributed by atoms with E-state index in [9.17, 15) is 4.79 Å². The third-order valence-corrected chi connectivity index (χ3v) is 3.14. The van der Waals surface area contributed by atoms with Crippen molar-refractivity contribution in [3.05, 3.63) is 33.8 Å². The molecule has 0 amide bonds. The maximum atomic E-state index is 11.6. The highest BCUT2D eigenvalue weighted by Crippen LogP contribution is 2.32. The molecule has 1 nitrogen and oxygen atoms in total. The van der Waals surface area contributed by atoms with Gasteiger partial charge in [0, 0.05) is 16.5 Å². The van der Waals surface area contributed by atoms with Crippen molar-refractivity contribution in [1.82, 2.24) is 0 Å². The van der Waals surface area contributed by atoms with Crippen LogP contribution in [0.1, 0.15) is 41.6 Å². The van der Waals surface area contributed by atoms with Gasteiger partial charge in [0.2, 0.25) is 0 Å². The minimum atomic E-state index is -1.72. The Bertz CT molecular complexity index is 409. The van der Waals surface area contributed by atoms with Crippen LogP contribution in [0.2, 0.25) is 0 Å². The Balaban J connectivity index is 0.000000317. The average Bonchev–Trinajstić information content (AvgIpc) is 2.23. The van der Waals surface area contributed by atoms with Crippen LogP contribution >= 0.6 is 46.1 Å². The molecule has 1 aromatic rings. The Morgan fingerprint density at radius 1 is 1.35 bits per heavy atom. The topological polar surface area (TPSA) is 17.1 Å². The van der Waals surface area contributed by atoms with E-state index >= 15 is 0 Å². The molecule has 0 N–H and O–H groups in total. The van der Waals surface area contributed by atoms with Gasteiger partial charge in [-0.2, -0.15) is 0 Å². The molecule has 92 valence electrons. The smallest absolute Gasteiger partial charge is 0.294 e. The van der Waals surface area contributed by atoms with Crippen LogP contribution in [-0.2, 0) is 0 Å². The van der Waals surface area contributed by atoms with Crippen LogP contribution in [0.3, 0.4) is 0 Å². The summed E-state index contributed by atoms with van der Waals surface area (Å²) in [5, 5.41) is 0. The van der Waals surface area contributed by atoms with Gasteiger partial charge in [-0.25, -0.2) is 30.1 Å². The first kappa shape index (κ1) is 15.8. The van der Waals surface area contributed by atoms with Crippen LogP contribution in [-0.4, -0.2) is 17.2 Å². The number of fused-ring (bicyclic) bond motifs is 1. The van der Waals surface area contributed by atoms with Crippen molar-refractivity contribution in [2.75, 3.05) is 0 Å². The molecule has 2 rings (SSSR count). The van der Waals surface area contributed by atoms with Crippen molar-refractivity contribution in [2.24, 2.45) is 0 Å². The van der Waals surface area contributed by atoms with Crippen molar-refractivity contribution >= 4 is 63.2 Å². The molecule has 6 heteroatoms. The Morgan fingerprint density at radius 2 is 1.94 bits per heavy atom. The number of Topliss-reactive ketones (excluding diaryl/α,β-unsaturated/α-hetero) is 1. The third kappa shape index (κ3) is 5.11. The van der Waals surface area contributed by atoms with E-state index in [1.165, 1.54) is 5.56 Å². The fourth-order valence-corrected chi connectivity index (χ4v) is 2.20. The molecular formula is C11H11AlBrCl3O. The van der Waals surface area contributed by atoms with Crippen LogP contribution < -0.4 is 0 Å². The van der Waals surface area contributed by atoms with Crippen LogP contribution in [0.25, 0.3) is 0 Å². The molecule has 1 aliphatic rings. The van der Waals surface area contributed by atoms with Crippen molar-refractivity contribution in [3.63, 3.8) is 0 Å². The Morgan fingerprint density at radius 3 is 2.53 bits per heavy atom. The minimum absolute atomic E-state index is 0.286. The standard InChI is InChI=1S/C11H11BrO.Al.3ClH/c1-7-2-5-11(13)10-6-8(12)3-4-9(7)10;;;;/h3-4,6-7H,2,5H2,1H3;;3*1H/q;+3;;;/p-3/t7-;;;;/m1..../s1. The van der Waals surface area contributed by atoms with E-state index in [1.807, 2.05) is 12.1 Å². The molecule has 1 aromatic carbocycles. The normalized spacial score (nSPS) is 17.9. The van der Waals surface area contributed by atoms with Crippen LogP contribution in [0.4, 0.5) is 0 Å². The van der Waals surface area contributed by atoms with Crippen LogP contribution in [0.15, 0.2) is 22.7 Å². The quantitative estimate of drug-likeness (QED) is 0.571. The maximum Gasteiger partial charge on any atom is 0.643 e. The number of halogens is 4. The summed E-state index contributed by atoms with van der Waals surface area (Å²) in [4.78, 5) is 11.6. The predicted molar refractivity (Wildman–Crippen MR) is 79.4 cm³/mol. The molecule has 0 saturated carbocycles. The molecule has 0 spiro atoms. The summed E-state index contributed by atoms with van der Waals surface area (Å²) >= 11 is 1.66. The summed E-state index contributed by atoms with van der Waals surface area (Å²) in [6, 6.07) is 6.00. The monoisotopic (exact) mass is 370 g/mol. The van der Waals surface area contributed by atoms with Gasteiger partial charge in [-0.05, 0) is 30.0 Å². The predicted octanol–water partition coefficient (Wildman–Crippen LogP) is 5.22. The molecule has 1 atom stereocenters. The number of benzene rings is 1. The first-order chi connectivity index (χ1) is 7.91. The van der Waals surface area contributed by atoms with Crippen molar-refractivity contribution in [3.8, 4) is 0 Å². The van der Waals surface area contributed by atoms with Gasteiger partial charge < -0.3 is 0 Å². The van der Waals surface area contributed by atoms with Crippen molar-refractivity contribution < 1.29 is 4.79 Å². The van der Waals surface area contributed by atoms with Gasteiger partial charge in [-0.3, -0.25) is 4.79 Å². The van der Waals surface area contributed by atoms with Gasteiger partial charge in [0.15, 0.2) is 5.78 Å². The number of carbonyl (C=O) groups excluding carboxylic acids is 1. The van der Waals surface area contributed by atoms with Gasteiger partial charge in [-0.15, -0.1) is 0 Å². The second kappa shape index (κ2) is 7.38. The molecular weight excluding hydrogens is 361 g/mol. The lowest BCUT2D eigenvalue weighted by Gasteiger charge is -2.21. The van der Waals surface area contributed by atoms with Gasteiger partial charge >= 0.3 is 11.4 Å². The highest BCUT2D eigenvalue weighted by atomic mass is 79.9. The SMILES string of the molecule is C[C@@H]1CCC(=O)c2cc(Br)ccc21.[Cl][Al]([Cl])[Cl]. The second-order valence-electron chi connectivity index (χ2n) is 3.84. The van der Waals surface area contributed by atoms with Crippen LogP contribution in [0.5, 0.6) is 0 Å². The third-order valence-electron chi connectivity index (χ3n) is 2.65. The van der Waals surface area contributed by atoms with Crippen molar-refractivity contribution in [2.45, 2.75) is 25.7 Å². The minimum Gasteiger partial charge on any atom is -0.294 e. The van der Waals surface area contributed by atoms with E-state index in [4.69, 9.17) is 30.1 Å².